The summed E-state index contributed by atoms with van der Waals surface area (Å²) in [6.45, 7) is 4.35. The van der Waals surface area contributed by atoms with Crippen molar-refractivity contribution in [2.45, 2.75) is 13.8 Å². The Labute approximate surface area is 122 Å². The van der Waals surface area contributed by atoms with Crippen LogP contribution < -0.4 is 15.8 Å². The maximum Gasteiger partial charge on any atom is 0.255 e. The normalized spacial score (nSPS) is 10.2. The first-order chi connectivity index (χ1) is 10.0. The van der Waals surface area contributed by atoms with Crippen molar-refractivity contribution in [1.29, 1.82) is 0 Å². The summed E-state index contributed by atoms with van der Waals surface area (Å²) in [5.41, 5.74) is 7.14. The van der Waals surface area contributed by atoms with Gasteiger partial charge in [0.15, 0.2) is 0 Å². The highest BCUT2D eigenvalue weighted by Crippen LogP contribution is 2.22. The van der Waals surface area contributed by atoms with Crippen LogP contribution in [0.3, 0.4) is 0 Å². The summed E-state index contributed by atoms with van der Waals surface area (Å²) >= 11 is 0. The van der Waals surface area contributed by atoms with Crippen molar-refractivity contribution in [2.75, 3.05) is 17.7 Å². The smallest absolute Gasteiger partial charge is 0.255 e. The molecule has 0 saturated heterocycles. The van der Waals surface area contributed by atoms with Gasteiger partial charge in [-0.15, -0.1) is 0 Å². The summed E-state index contributed by atoms with van der Waals surface area (Å²) in [5.74, 6) is -0.251. The number of amides is 1. The molecule has 4 nitrogen and oxygen atoms in total. The van der Waals surface area contributed by atoms with Gasteiger partial charge in [-0.25, -0.2) is 4.39 Å². The Morgan fingerprint density at radius 3 is 2.67 bits per heavy atom. The summed E-state index contributed by atoms with van der Waals surface area (Å²) in [6, 6.07) is 9.34. The van der Waals surface area contributed by atoms with Crippen LogP contribution in [0.2, 0.25) is 0 Å². The largest absolute Gasteiger partial charge is 0.494 e. The fourth-order valence-corrected chi connectivity index (χ4v) is 1.90. The number of nitrogen functional groups attached to an aromatic ring is 1. The molecular formula is C16H17FN2O2. The van der Waals surface area contributed by atoms with Crippen LogP contribution in [0.4, 0.5) is 15.8 Å². The van der Waals surface area contributed by atoms with Gasteiger partial charge in [-0.3, -0.25) is 4.79 Å². The number of carbonyl (C=O) groups excluding carboxylic acids is 1. The van der Waals surface area contributed by atoms with Crippen molar-refractivity contribution in [1.82, 2.24) is 0 Å². The maximum atomic E-state index is 13.4. The first-order valence-corrected chi connectivity index (χ1v) is 6.61. The quantitative estimate of drug-likeness (QED) is 0.848. The zero-order chi connectivity index (χ0) is 15.4. The number of rotatable bonds is 4. The second-order valence-electron chi connectivity index (χ2n) is 4.60. The van der Waals surface area contributed by atoms with Crippen LogP contribution in [-0.2, 0) is 0 Å². The third-order valence-corrected chi connectivity index (χ3v) is 3.02. The van der Waals surface area contributed by atoms with Gasteiger partial charge in [-0.1, -0.05) is 0 Å². The topological polar surface area (TPSA) is 64.3 Å². The molecule has 0 aliphatic heterocycles. The molecule has 2 aromatic rings. The molecule has 0 atom stereocenters. The summed E-state index contributed by atoms with van der Waals surface area (Å²) < 4.78 is 18.8. The van der Waals surface area contributed by atoms with Crippen LogP contribution in [-0.4, -0.2) is 12.5 Å². The highest BCUT2D eigenvalue weighted by Gasteiger charge is 2.10. The molecule has 2 rings (SSSR count). The first kappa shape index (κ1) is 14.8. The Kier molecular flexibility index (Phi) is 4.42. The number of hydrogen-bond acceptors (Lipinski definition) is 3. The zero-order valence-electron chi connectivity index (χ0n) is 11.9. The summed E-state index contributed by atoms with van der Waals surface area (Å²) in [7, 11) is 0. The molecule has 2 aromatic carbocycles. The molecular weight excluding hydrogens is 271 g/mol. The van der Waals surface area contributed by atoms with Crippen molar-refractivity contribution >= 4 is 17.3 Å². The van der Waals surface area contributed by atoms with E-state index in [1.165, 1.54) is 12.1 Å². The Bertz CT molecular complexity index is 671. The standard InChI is InChI=1S/C16H17FN2O2/c1-3-21-12-5-7-15(10(2)8-12)19-16(20)11-4-6-14(18)13(17)9-11/h4-9H,3,18H2,1-2H3,(H,19,20). The van der Waals surface area contributed by atoms with Gasteiger partial charge in [0, 0.05) is 11.3 Å². The minimum Gasteiger partial charge on any atom is -0.494 e. The van der Waals surface area contributed by atoms with E-state index in [-0.39, 0.29) is 17.2 Å². The van der Waals surface area contributed by atoms with E-state index in [0.717, 1.165) is 17.4 Å². The molecule has 3 N–H and O–H groups in total. The van der Waals surface area contributed by atoms with Crippen LogP contribution >= 0.6 is 0 Å². The number of aryl methyl sites for hydroxylation is 1. The van der Waals surface area contributed by atoms with Gasteiger partial charge in [-0.05, 0) is 55.8 Å². The Morgan fingerprint density at radius 2 is 2.05 bits per heavy atom. The number of carbonyl (C=O) groups is 1. The molecule has 0 bridgehead atoms. The van der Waals surface area contributed by atoms with Crippen molar-refractivity contribution in [2.24, 2.45) is 0 Å². The van der Waals surface area contributed by atoms with Gasteiger partial charge >= 0.3 is 0 Å². The Hall–Kier alpha value is -2.56. The molecule has 5 heteroatoms. The van der Waals surface area contributed by atoms with Crippen LogP contribution in [0.25, 0.3) is 0 Å². The molecule has 110 valence electrons. The highest BCUT2D eigenvalue weighted by molar-refractivity contribution is 6.04. The van der Waals surface area contributed by atoms with Gasteiger partial charge in [0.25, 0.3) is 5.91 Å². The average Bonchev–Trinajstić information content (AvgIpc) is 2.45. The number of benzene rings is 2. The van der Waals surface area contributed by atoms with Gasteiger partial charge in [0.2, 0.25) is 0 Å². The van der Waals surface area contributed by atoms with Gasteiger partial charge < -0.3 is 15.8 Å². The van der Waals surface area contributed by atoms with E-state index in [0.29, 0.717) is 12.3 Å². The molecule has 0 aliphatic carbocycles. The summed E-state index contributed by atoms with van der Waals surface area (Å²) in [5, 5.41) is 2.74. The second kappa shape index (κ2) is 6.26. The number of halogens is 1. The molecule has 0 unspecified atom stereocenters. The predicted octanol–water partition coefficient (Wildman–Crippen LogP) is 3.37. The van der Waals surface area contributed by atoms with E-state index < -0.39 is 5.82 Å². The number of nitrogens with two attached hydrogens (primary N) is 1. The summed E-state index contributed by atoms with van der Waals surface area (Å²) in [4.78, 5) is 12.1. The second-order valence-corrected chi connectivity index (χ2v) is 4.60. The van der Waals surface area contributed by atoms with Crippen LogP contribution in [0.5, 0.6) is 5.75 Å². The van der Waals surface area contributed by atoms with Gasteiger partial charge in [-0.2, -0.15) is 0 Å². The molecule has 0 heterocycles. The fourth-order valence-electron chi connectivity index (χ4n) is 1.90. The average molecular weight is 288 g/mol. The van der Waals surface area contributed by atoms with E-state index in [1.54, 1.807) is 12.1 Å². The maximum absolute atomic E-state index is 13.4. The lowest BCUT2D eigenvalue weighted by molar-refractivity contribution is 0.102. The monoisotopic (exact) mass is 288 g/mol. The number of nitrogens with one attached hydrogen (secondary N) is 1. The third kappa shape index (κ3) is 3.51. The molecule has 0 radical (unpaired) electrons. The van der Waals surface area contributed by atoms with Crippen molar-refractivity contribution in [3.05, 3.63) is 53.3 Å². The lowest BCUT2D eigenvalue weighted by Crippen LogP contribution is -2.13. The van der Waals surface area contributed by atoms with E-state index >= 15 is 0 Å². The van der Waals surface area contributed by atoms with E-state index in [1.807, 2.05) is 19.9 Å². The highest BCUT2D eigenvalue weighted by atomic mass is 19.1. The Morgan fingerprint density at radius 1 is 1.29 bits per heavy atom. The molecule has 1 amide bonds. The van der Waals surface area contributed by atoms with Crippen molar-refractivity contribution in [3.63, 3.8) is 0 Å². The van der Waals surface area contributed by atoms with Gasteiger partial charge in [0.1, 0.15) is 11.6 Å². The number of hydrogen-bond donors (Lipinski definition) is 2. The minimum absolute atomic E-state index is 0.0174. The predicted molar refractivity (Wildman–Crippen MR) is 81.1 cm³/mol. The molecule has 0 aromatic heterocycles. The first-order valence-electron chi connectivity index (χ1n) is 6.61. The van der Waals surface area contributed by atoms with Crippen LogP contribution in [0.1, 0.15) is 22.8 Å². The molecule has 0 spiro atoms. The Balaban J connectivity index is 2.17. The van der Waals surface area contributed by atoms with Gasteiger partial charge in [0.05, 0.1) is 12.3 Å². The lowest BCUT2D eigenvalue weighted by atomic mass is 10.1. The van der Waals surface area contributed by atoms with Crippen molar-refractivity contribution < 1.29 is 13.9 Å². The van der Waals surface area contributed by atoms with E-state index in [2.05, 4.69) is 5.32 Å². The number of anilines is 2. The third-order valence-electron chi connectivity index (χ3n) is 3.02. The van der Waals surface area contributed by atoms with E-state index in [4.69, 9.17) is 10.5 Å². The zero-order valence-corrected chi connectivity index (χ0v) is 11.9. The fraction of sp³-hybridized carbons (Fsp3) is 0.188. The van der Waals surface area contributed by atoms with Crippen LogP contribution in [0.15, 0.2) is 36.4 Å². The van der Waals surface area contributed by atoms with Crippen molar-refractivity contribution in [3.8, 4) is 5.75 Å². The molecule has 0 fully saturated rings. The SMILES string of the molecule is CCOc1ccc(NC(=O)c2ccc(N)c(F)c2)c(C)c1. The lowest BCUT2D eigenvalue weighted by Gasteiger charge is -2.11. The summed E-state index contributed by atoms with van der Waals surface area (Å²) in [6.07, 6.45) is 0. The number of ether oxygens (including phenoxy) is 1. The molecule has 21 heavy (non-hydrogen) atoms. The van der Waals surface area contributed by atoms with Crippen LogP contribution in [0, 0.1) is 12.7 Å². The van der Waals surface area contributed by atoms with E-state index in [9.17, 15) is 9.18 Å². The minimum atomic E-state index is -0.605. The molecule has 0 saturated carbocycles. The molecule has 0 aliphatic rings.